The molecule has 7 nitrogen and oxygen atoms in total. The van der Waals surface area contributed by atoms with Gasteiger partial charge < -0.3 is 10.1 Å². The van der Waals surface area contributed by atoms with Crippen LogP contribution in [0.3, 0.4) is 0 Å². The molecule has 8 heteroatoms. The Balaban J connectivity index is 1.82. The maximum atomic E-state index is 12.5. The highest BCUT2D eigenvalue weighted by Crippen LogP contribution is 2.47. The number of ether oxygens (including phenoxy) is 1. The molecule has 2 N–H and O–H groups in total. The molecular weight excluding hydrogens is 316 g/mol. The van der Waals surface area contributed by atoms with E-state index < -0.39 is 5.60 Å². The van der Waals surface area contributed by atoms with E-state index in [0.29, 0.717) is 5.13 Å². The van der Waals surface area contributed by atoms with Gasteiger partial charge in [0.15, 0.2) is 5.13 Å². The number of rotatable bonds is 1. The summed E-state index contributed by atoms with van der Waals surface area (Å²) < 4.78 is 5.55. The molecule has 1 aromatic heterocycles. The highest BCUT2D eigenvalue weighted by Gasteiger charge is 2.46. The van der Waals surface area contributed by atoms with Crippen molar-refractivity contribution in [3.05, 3.63) is 10.6 Å². The lowest BCUT2D eigenvalue weighted by molar-refractivity contribution is 0.0127. The van der Waals surface area contributed by atoms with Gasteiger partial charge in [-0.25, -0.2) is 14.6 Å². The predicted molar refractivity (Wildman–Crippen MR) is 87.7 cm³/mol. The Morgan fingerprint density at radius 3 is 2.74 bits per heavy atom. The Kier molecular flexibility index (Phi) is 3.95. The van der Waals surface area contributed by atoms with E-state index in [2.05, 4.69) is 15.6 Å². The second kappa shape index (κ2) is 5.67. The standard InChI is InChI=1S/C15H22N4O3S/c1-15(2,3)22-14(21)19-8-5-6-10(19)11-9(7-8)17-13(23-11)18-12(20)16-4/h8,10H,5-7H2,1-4H3,(H2,16,17,18,20)/t8-,10+/m1/s1. The topological polar surface area (TPSA) is 83.6 Å². The summed E-state index contributed by atoms with van der Waals surface area (Å²) >= 11 is 1.45. The number of thiazole rings is 1. The molecule has 1 aromatic rings. The SMILES string of the molecule is CNC(=O)Nc1nc2c(s1)[C@@H]1CC[C@H](C2)N1C(=O)OC(C)(C)C. The van der Waals surface area contributed by atoms with Crippen LogP contribution in [0, 0.1) is 0 Å². The monoisotopic (exact) mass is 338 g/mol. The molecule has 2 bridgehead atoms. The van der Waals surface area contributed by atoms with Gasteiger partial charge in [-0.3, -0.25) is 10.2 Å². The normalized spacial score (nSPS) is 22.5. The Labute approximate surface area is 139 Å². The number of aromatic nitrogens is 1. The fourth-order valence-electron chi connectivity index (χ4n) is 3.14. The molecular formula is C15H22N4O3S. The average molecular weight is 338 g/mol. The van der Waals surface area contributed by atoms with Crippen LogP contribution in [0.25, 0.3) is 0 Å². The van der Waals surface area contributed by atoms with Crippen molar-refractivity contribution in [2.75, 3.05) is 12.4 Å². The summed E-state index contributed by atoms with van der Waals surface area (Å²) in [6, 6.07) is -0.140. The number of hydrogen-bond donors (Lipinski definition) is 2. The highest BCUT2D eigenvalue weighted by molar-refractivity contribution is 7.16. The third-order valence-corrected chi connectivity index (χ3v) is 5.13. The molecule has 2 aliphatic heterocycles. The van der Waals surface area contributed by atoms with E-state index >= 15 is 0 Å². The molecule has 0 saturated carbocycles. The van der Waals surface area contributed by atoms with Gasteiger partial charge in [0.05, 0.1) is 16.6 Å². The van der Waals surface area contributed by atoms with Gasteiger partial charge in [-0.1, -0.05) is 11.3 Å². The van der Waals surface area contributed by atoms with Gasteiger partial charge in [0.1, 0.15) is 5.60 Å². The van der Waals surface area contributed by atoms with E-state index in [0.717, 1.165) is 29.8 Å². The second-order valence-corrected chi connectivity index (χ2v) is 7.90. The van der Waals surface area contributed by atoms with E-state index in [1.54, 1.807) is 7.05 Å². The molecule has 3 rings (SSSR count). The molecule has 0 unspecified atom stereocenters. The molecule has 0 aliphatic carbocycles. The van der Waals surface area contributed by atoms with Crippen molar-refractivity contribution < 1.29 is 14.3 Å². The molecule has 0 radical (unpaired) electrons. The van der Waals surface area contributed by atoms with Crippen LogP contribution in [-0.4, -0.2) is 40.7 Å². The van der Waals surface area contributed by atoms with E-state index in [1.807, 2.05) is 25.7 Å². The number of amides is 3. The number of hydrogen-bond acceptors (Lipinski definition) is 5. The van der Waals surface area contributed by atoms with Gasteiger partial charge in [-0.2, -0.15) is 0 Å². The van der Waals surface area contributed by atoms with Crippen molar-refractivity contribution in [1.82, 2.24) is 15.2 Å². The first kappa shape index (κ1) is 16.0. The summed E-state index contributed by atoms with van der Waals surface area (Å²) in [7, 11) is 1.56. The van der Waals surface area contributed by atoms with Crippen LogP contribution in [0.5, 0.6) is 0 Å². The van der Waals surface area contributed by atoms with E-state index in [1.165, 1.54) is 11.3 Å². The molecule has 1 fully saturated rings. The average Bonchev–Trinajstić information content (AvgIpc) is 2.98. The van der Waals surface area contributed by atoms with E-state index in [-0.39, 0.29) is 24.2 Å². The van der Waals surface area contributed by atoms with Gasteiger partial charge in [-0.05, 0) is 33.6 Å². The Bertz CT molecular complexity index is 637. The molecule has 3 amide bonds. The summed E-state index contributed by atoms with van der Waals surface area (Å²) in [5, 5.41) is 5.80. The smallest absolute Gasteiger partial charge is 0.411 e. The van der Waals surface area contributed by atoms with Crippen LogP contribution < -0.4 is 10.6 Å². The second-order valence-electron chi connectivity index (χ2n) is 6.87. The van der Waals surface area contributed by atoms with Crippen LogP contribution >= 0.6 is 11.3 Å². The van der Waals surface area contributed by atoms with E-state index in [4.69, 9.17) is 4.74 Å². The molecule has 126 valence electrons. The molecule has 2 atom stereocenters. The summed E-state index contributed by atoms with van der Waals surface area (Å²) in [6.45, 7) is 5.63. The quantitative estimate of drug-likeness (QED) is 0.825. The fourth-order valence-corrected chi connectivity index (χ4v) is 4.26. The zero-order chi connectivity index (χ0) is 16.8. The summed E-state index contributed by atoms with van der Waals surface area (Å²) in [5.41, 5.74) is 0.491. The molecule has 23 heavy (non-hydrogen) atoms. The molecule has 0 spiro atoms. The van der Waals surface area contributed by atoms with Crippen LogP contribution in [0.2, 0.25) is 0 Å². The van der Waals surface area contributed by atoms with Crippen molar-refractivity contribution in [2.24, 2.45) is 0 Å². The third-order valence-electron chi connectivity index (χ3n) is 4.01. The van der Waals surface area contributed by atoms with Crippen LogP contribution in [-0.2, 0) is 11.2 Å². The lowest BCUT2D eigenvalue weighted by Gasteiger charge is -2.35. The molecule has 1 saturated heterocycles. The van der Waals surface area contributed by atoms with Gasteiger partial charge in [0.2, 0.25) is 0 Å². The number of urea groups is 1. The number of carbonyl (C=O) groups excluding carboxylic acids is 2. The number of anilines is 1. The minimum absolute atomic E-state index is 0.0105. The minimum atomic E-state index is -0.504. The van der Waals surface area contributed by atoms with Gasteiger partial charge in [-0.15, -0.1) is 0 Å². The Morgan fingerprint density at radius 2 is 2.09 bits per heavy atom. The zero-order valence-corrected chi connectivity index (χ0v) is 14.6. The predicted octanol–water partition coefficient (Wildman–Crippen LogP) is 2.89. The van der Waals surface area contributed by atoms with Crippen LogP contribution in [0.15, 0.2) is 0 Å². The summed E-state index contributed by atoms with van der Waals surface area (Å²) in [6.07, 6.45) is 2.34. The van der Waals surface area contributed by atoms with Crippen molar-refractivity contribution in [3.63, 3.8) is 0 Å². The zero-order valence-electron chi connectivity index (χ0n) is 13.8. The first-order valence-corrected chi connectivity index (χ1v) is 8.60. The number of carbonyl (C=O) groups is 2. The largest absolute Gasteiger partial charge is 0.444 e. The van der Waals surface area contributed by atoms with Crippen molar-refractivity contribution in [1.29, 1.82) is 0 Å². The number of nitrogens with zero attached hydrogens (tertiary/aromatic N) is 2. The molecule has 2 aliphatic rings. The van der Waals surface area contributed by atoms with E-state index in [9.17, 15) is 9.59 Å². The summed E-state index contributed by atoms with van der Waals surface area (Å²) in [5.74, 6) is 0. The maximum absolute atomic E-state index is 12.5. The molecule has 3 heterocycles. The lowest BCUT2D eigenvalue weighted by atomic mass is 10.1. The first-order chi connectivity index (χ1) is 10.8. The first-order valence-electron chi connectivity index (χ1n) is 7.78. The van der Waals surface area contributed by atoms with Crippen LogP contribution in [0.1, 0.15) is 50.2 Å². The summed E-state index contributed by atoms with van der Waals surface area (Å²) in [4.78, 5) is 31.4. The van der Waals surface area contributed by atoms with Gasteiger partial charge >= 0.3 is 12.1 Å². The van der Waals surface area contributed by atoms with Gasteiger partial charge in [0.25, 0.3) is 0 Å². The van der Waals surface area contributed by atoms with Crippen molar-refractivity contribution in [3.8, 4) is 0 Å². The Hall–Kier alpha value is -1.83. The Morgan fingerprint density at radius 1 is 1.35 bits per heavy atom. The maximum Gasteiger partial charge on any atom is 0.411 e. The molecule has 0 aromatic carbocycles. The number of nitrogens with one attached hydrogen (secondary N) is 2. The number of fused-ring (bicyclic) bond motifs is 4. The highest BCUT2D eigenvalue weighted by atomic mass is 32.1. The lowest BCUT2D eigenvalue weighted by Crippen LogP contribution is -2.44. The minimum Gasteiger partial charge on any atom is -0.444 e. The van der Waals surface area contributed by atoms with Gasteiger partial charge in [0, 0.05) is 19.5 Å². The van der Waals surface area contributed by atoms with Crippen molar-refractivity contribution in [2.45, 2.75) is 57.7 Å². The fraction of sp³-hybridized carbons (Fsp3) is 0.667. The van der Waals surface area contributed by atoms with Crippen molar-refractivity contribution >= 4 is 28.6 Å². The van der Waals surface area contributed by atoms with Crippen LogP contribution in [0.4, 0.5) is 14.7 Å². The third kappa shape index (κ3) is 3.12.